The number of hydrogen-bond acceptors (Lipinski definition) is 3. The van der Waals surface area contributed by atoms with Crippen molar-refractivity contribution < 1.29 is 4.79 Å². The maximum atomic E-state index is 11.1. The van der Waals surface area contributed by atoms with Gasteiger partial charge >= 0.3 is 0 Å². The first-order chi connectivity index (χ1) is 8.56. The quantitative estimate of drug-likeness (QED) is 0.818. The average Bonchev–Trinajstić information content (AvgIpc) is 2.34. The molecule has 0 aromatic heterocycles. The molecule has 1 aromatic carbocycles. The summed E-state index contributed by atoms with van der Waals surface area (Å²) < 4.78 is 0. The molecule has 0 spiro atoms. The van der Waals surface area contributed by atoms with Crippen LogP contribution in [0.15, 0.2) is 18.2 Å². The Kier molecular flexibility index (Phi) is 4.09. The van der Waals surface area contributed by atoms with Crippen molar-refractivity contribution in [2.45, 2.75) is 19.4 Å². The van der Waals surface area contributed by atoms with E-state index < -0.39 is 0 Å². The van der Waals surface area contributed by atoms with Crippen LogP contribution in [-0.4, -0.2) is 23.9 Å². The zero-order valence-corrected chi connectivity index (χ0v) is 11.0. The van der Waals surface area contributed by atoms with E-state index in [0.717, 1.165) is 48.7 Å². The van der Waals surface area contributed by atoms with Crippen LogP contribution in [0.1, 0.15) is 18.4 Å². The summed E-state index contributed by atoms with van der Waals surface area (Å²) in [5.74, 6) is -0.158. The van der Waals surface area contributed by atoms with Gasteiger partial charge in [0, 0.05) is 23.2 Å². The number of rotatable bonds is 3. The Hall–Kier alpha value is -1.26. The number of nitrogen functional groups attached to an aromatic ring is 1. The van der Waals surface area contributed by atoms with Crippen LogP contribution in [-0.2, 0) is 11.3 Å². The average molecular weight is 268 g/mol. The largest absolute Gasteiger partial charge is 0.399 e. The van der Waals surface area contributed by atoms with Crippen LogP contribution in [0.4, 0.5) is 5.69 Å². The minimum atomic E-state index is -0.184. The van der Waals surface area contributed by atoms with Crippen LogP contribution in [0.5, 0.6) is 0 Å². The molecule has 2 rings (SSSR count). The Balaban J connectivity index is 1.95. The van der Waals surface area contributed by atoms with Gasteiger partial charge < -0.3 is 11.5 Å². The van der Waals surface area contributed by atoms with Crippen LogP contribution in [0.3, 0.4) is 0 Å². The molecule has 1 fully saturated rings. The van der Waals surface area contributed by atoms with E-state index in [2.05, 4.69) is 4.90 Å². The van der Waals surface area contributed by atoms with E-state index in [1.165, 1.54) is 0 Å². The van der Waals surface area contributed by atoms with Gasteiger partial charge in [0.1, 0.15) is 0 Å². The first kappa shape index (κ1) is 13.2. The number of benzene rings is 1. The van der Waals surface area contributed by atoms with E-state index in [0.29, 0.717) is 0 Å². The molecule has 1 heterocycles. The summed E-state index contributed by atoms with van der Waals surface area (Å²) in [6.45, 7) is 2.52. The number of primary amides is 1. The molecular weight excluding hydrogens is 250 g/mol. The molecule has 0 radical (unpaired) electrons. The molecule has 4 N–H and O–H groups in total. The summed E-state index contributed by atoms with van der Waals surface area (Å²) in [5, 5.41) is 0.737. The second-order valence-electron chi connectivity index (χ2n) is 4.80. The molecule has 98 valence electrons. The Morgan fingerprint density at radius 3 is 2.67 bits per heavy atom. The lowest BCUT2D eigenvalue weighted by Gasteiger charge is -2.30. The lowest BCUT2D eigenvalue weighted by Crippen LogP contribution is -2.38. The number of anilines is 1. The van der Waals surface area contributed by atoms with E-state index in [1.807, 2.05) is 12.1 Å². The van der Waals surface area contributed by atoms with Gasteiger partial charge in [0.25, 0.3) is 0 Å². The molecule has 1 saturated heterocycles. The van der Waals surface area contributed by atoms with Gasteiger partial charge in [-0.2, -0.15) is 0 Å². The van der Waals surface area contributed by atoms with Gasteiger partial charge in [-0.05, 0) is 49.7 Å². The van der Waals surface area contributed by atoms with Gasteiger partial charge in [0.05, 0.1) is 0 Å². The number of piperidine rings is 1. The van der Waals surface area contributed by atoms with Crippen LogP contribution in [0.25, 0.3) is 0 Å². The molecule has 1 amide bonds. The molecule has 5 heteroatoms. The van der Waals surface area contributed by atoms with Crippen molar-refractivity contribution in [3.8, 4) is 0 Å². The first-order valence-corrected chi connectivity index (χ1v) is 6.49. The molecule has 0 atom stereocenters. The third kappa shape index (κ3) is 3.15. The number of carbonyl (C=O) groups is 1. The van der Waals surface area contributed by atoms with E-state index in [-0.39, 0.29) is 11.8 Å². The highest BCUT2D eigenvalue weighted by molar-refractivity contribution is 6.31. The summed E-state index contributed by atoms with van der Waals surface area (Å²) in [5.41, 5.74) is 12.8. The van der Waals surface area contributed by atoms with E-state index in [1.54, 1.807) is 6.07 Å². The van der Waals surface area contributed by atoms with Crippen LogP contribution < -0.4 is 11.5 Å². The number of hydrogen-bond donors (Lipinski definition) is 2. The van der Waals surface area contributed by atoms with Crippen molar-refractivity contribution in [2.75, 3.05) is 18.8 Å². The Labute approximate surface area is 112 Å². The highest BCUT2D eigenvalue weighted by Crippen LogP contribution is 2.23. The predicted octanol–water partition coefficient (Wildman–Crippen LogP) is 1.62. The molecule has 0 saturated carbocycles. The van der Waals surface area contributed by atoms with Crippen molar-refractivity contribution in [2.24, 2.45) is 11.7 Å². The maximum Gasteiger partial charge on any atom is 0.220 e. The second-order valence-corrected chi connectivity index (χ2v) is 5.21. The molecule has 0 aliphatic carbocycles. The summed E-state index contributed by atoms with van der Waals surface area (Å²) in [4.78, 5) is 13.4. The normalized spacial score (nSPS) is 17.8. The number of carbonyl (C=O) groups excluding carboxylic acids is 1. The minimum absolute atomic E-state index is 0.0255. The zero-order chi connectivity index (χ0) is 13.1. The van der Waals surface area contributed by atoms with Gasteiger partial charge in [-0.25, -0.2) is 0 Å². The first-order valence-electron chi connectivity index (χ1n) is 6.12. The highest BCUT2D eigenvalue weighted by Gasteiger charge is 2.23. The molecule has 1 aromatic rings. The molecule has 0 bridgehead atoms. The van der Waals surface area contributed by atoms with Crippen molar-refractivity contribution in [1.29, 1.82) is 0 Å². The monoisotopic (exact) mass is 267 g/mol. The smallest absolute Gasteiger partial charge is 0.220 e. The van der Waals surface area contributed by atoms with Gasteiger partial charge in [0.2, 0.25) is 5.91 Å². The summed E-state index contributed by atoms with van der Waals surface area (Å²) in [6, 6.07) is 5.52. The predicted molar refractivity (Wildman–Crippen MR) is 73.1 cm³/mol. The topological polar surface area (TPSA) is 72.4 Å². The number of halogens is 1. The fraction of sp³-hybridized carbons (Fsp3) is 0.462. The van der Waals surface area contributed by atoms with Gasteiger partial charge in [0.15, 0.2) is 0 Å². The third-order valence-corrected chi connectivity index (χ3v) is 3.82. The Bertz CT molecular complexity index is 442. The van der Waals surface area contributed by atoms with Crippen LogP contribution in [0.2, 0.25) is 5.02 Å². The van der Waals surface area contributed by atoms with Gasteiger partial charge in [-0.1, -0.05) is 11.6 Å². The third-order valence-electron chi connectivity index (χ3n) is 3.45. The van der Waals surface area contributed by atoms with Crippen LogP contribution in [0, 0.1) is 5.92 Å². The molecule has 4 nitrogen and oxygen atoms in total. The number of nitrogens with zero attached hydrogens (tertiary/aromatic N) is 1. The van der Waals surface area contributed by atoms with Crippen molar-refractivity contribution in [1.82, 2.24) is 4.90 Å². The molecule has 1 aliphatic heterocycles. The fourth-order valence-electron chi connectivity index (χ4n) is 2.33. The molecule has 18 heavy (non-hydrogen) atoms. The van der Waals surface area contributed by atoms with Crippen molar-refractivity contribution >= 4 is 23.2 Å². The molecule has 0 unspecified atom stereocenters. The summed E-state index contributed by atoms with van der Waals surface area (Å²) in [7, 11) is 0. The lowest BCUT2D eigenvalue weighted by molar-refractivity contribution is -0.123. The SMILES string of the molecule is NC(=O)C1CCN(Cc2cc(N)ccc2Cl)CC1. The lowest BCUT2D eigenvalue weighted by atomic mass is 9.96. The van der Waals surface area contributed by atoms with Crippen molar-refractivity contribution in [3.05, 3.63) is 28.8 Å². The molecular formula is C13H18ClN3O. The number of amides is 1. The van der Waals surface area contributed by atoms with Gasteiger partial charge in [-0.3, -0.25) is 9.69 Å². The summed E-state index contributed by atoms with van der Waals surface area (Å²) >= 11 is 6.14. The minimum Gasteiger partial charge on any atom is -0.399 e. The van der Waals surface area contributed by atoms with Gasteiger partial charge in [-0.15, -0.1) is 0 Å². The maximum absolute atomic E-state index is 11.1. The van der Waals surface area contributed by atoms with Crippen molar-refractivity contribution in [3.63, 3.8) is 0 Å². The van der Waals surface area contributed by atoms with E-state index >= 15 is 0 Å². The fourth-order valence-corrected chi connectivity index (χ4v) is 2.51. The molecule has 1 aliphatic rings. The Morgan fingerprint density at radius 2 is 2.06 bits per heavy atom. The standard InChI is InChI=1S/C13H18ClN3O/c14-12-2-1-11(15)7-10(12)8-17-5-3-9(4-6-17)13(16)18/h1-2,7,9H,3-6,8,15H2,(H2,16,18). The van der Waals surface area contributed by atoms with E-state index in [9.17, 15) is 4.79 Å². The zero-order valence-electron chi connectivity index (χ0n) is 10.2. The highest BCUT2D eigenvalue weighted by atomic mass is 35.5. The Morgan fingerprint density at radius 1 is 1.39 bits per heavy atom. The summed E-state index contributed by atoms with van der Waals surface area (Å²) in [6.07, 6.45) is 1.66. The number of likely N-dealkylation sites (tertiary alicyclic amines) is 1. The van der Waals surface area contributed by atoms with E-state index in [4.69, 9.17) is 23.1 Å². The second kappa shape index (κ2) is 5.59. The van der Waals surface area contributed by atoms with Crippen LogP contribution >= 0.6 is 11.6 Å². The number of nitrogens with two attached hydrogens (primary N) is 2.